The van der Waals surface area contributed by atoms with Crippen molar-refractivity contribution in [1.82, 2.24) is 4.90 Å². The van der Waals surface area contributed by atoms with E-state index in [0.717, 1.165) is 17.1 Å². The molecule has 1 aromatic rings. The predicted molar refractivity (Wildman–Crippen MR) is 76.4 cm³/mol. The van der Waals surface area contributed by atoms with E-state index in [0.29, 0.717) is 18.7 Å². The number of amides is 1. The highest BCUT2D eigenvalue weighted by Crippen LogP contribution is 2.25. The number of piperidine rings is 1. The van der Waals surface area contributed by atoms with Gasteiger partial charge in [0.25, 0.3) is 0 Å². The molecule has 2 rings (SSSR count). The lowest BCUT2D eigenvalue weighted by Gasteiger charge is -2.33. The van der Waals surface area contributed by atoms with E-state index in [2.05, 4.69) is 0 Å². The second-order valence-electron chi connectivity index (χ2n) is 4.34. The van der Waals surface area contributed by atoms with Crippen molar-refractivity contribution in [2.24, 2.45) is 0 Å². The van der Waals surface area contributed by atoms with E-state index in [4.69, 9.17) is 4.74 Å². The van der Waals surface area contributed by atoms with Crippen molar-refractivity contribution in [3.8, 4) is 0 Å². The van der Waals surface area contributed by atoms with Gasteiger partial charge in [0.05, 0.1) is 17.1 Å². The summed E-state index contributed by atoms with van der Waals surface area (Å²) in [6.45, 7) is 0.656. The third-order valence-corrected chi connectivity index (χ3v) is 5.25. The number of ether oxygens (including phenoxy) is 1. The molecule has 1 saturated heterocycles. The first kappa shape index (κ1) is 14.4. The van der Waals surface area contributed by atoms with Crippen LogP contribution in [0.1, 0.15) is 19.3 Å². The number of likely N-dealkylation sites (tertiary alicyclic amines) is 1. The number of rotatable bonds is 4. The molecular weight excluding hydrogens is 282 g/mol. The van der Waals surface area contributed by atoms with Gasteiger partial charge in [0.2, 0.25) is 5.91 Å². The van der Waals surface area contributed by atoms with Gasteiger partial charge < -0.3 is 9.64 Å². The van der Waals surface area contributed by atoms with Gasteiger partial charge in [0, 0.05) is 6.54 Å². The number of methoxy groups -OCH3 is 1. The van der Waals surface area contributed by atoms with Crippen LogP contribution in [0.15, 0.2) is 21.7 Å². The molecule has 104 valence electrons. The van der Waals surface area contributed by atoms with Gasteiger partial charge in [-0.25, -0.2) is 4.79 Å². The minimum absolute atomic E-state index is 0.0218. The summed E-state index contributed by atoms with van der Waals surface area (Å²) < 4.78 is 5.91. The molecule has 0 aromatic carbocycles. The van der Waals surface area contributed by atoms with Crippen molar-refractivity contribution >= 4 is 35.0 Å². The monoisotopic (exact) mass is 299 g/mol. The van der Waals surface area contributed by atoms with Crippen molar-refractivity contribution in [3.05, 3.63) is 17.5 Å². The zero-order valence-corrected chi connectivity index (χ0v) is 12.5. The summed E-state index contributed by atoms with van der Waals surface area (Å²) in [7, 11) is 1.37. The molecule has 4 nitrogen and oxygen atoms in total. The highest BCUT2D eigenvalue weighted by molar-refractivity contribution is 8.01. The van der Waals surface area contributed by atoms with Gasteiger partial charge in [-0.1, -0.05) is 6.07 Å². The Hall–Kier alpha value is -1.01. The summed E-state index contributed by atoms with van der Waals surface area (Å²) in [6, 6.07) is 3.57. The fourth-order valence-electron chi connectivity index (χ4n) is 2.17. The maximum Gasteiger partial charge on any atom is 0.328 e. The van der Waals surface area contributed by atoms with E-state index in [1.165, 1.54) is 18.9 Å². The van der Waals surface area contributed by atoms with E-state index < -0.39 is 6.04 Å². The first-order chi connectivity index (χ1) is 9.22. The predicted octanol–water partition coefficient (Wildman–Crippen LogP) is 2.39. The summed E-state index contributed by atoms with van der Waals surface area (Å²) in [5.41, 5.74) is 0. The van der Waals surface area contributed by atoms with Crippen molar-refractivity contribution in [3.63, 3.8) is 0 Å². The highest BCUT2D eigenvalue weighted by atomic mass is 32.2. The summed E-state index contributed by atoms with van der Waals surface area (Å²) in [6.07, 6.45) is 2.65. The quantitative estimate of drug-likeness (QED) is 0.632. The van der Waals surface area contributed by atoms with E-state index in [1.807, 2.05) is 17.5 Å². The molecule has 1 fully saturated rings. The fraction of sp³-hybridized carbons (Fsp3) is 0.538. The van der Waals surface area contributed by atoms with E-state index in [1.54, 1.807) is 16.2 Å². The van der Waals surface area contributed by atoms with Crippen LogP contribution in [0.2, 0.25) is 0 Å². The fourth-order valence-corrected chi connectivity index (χ4v) is 3.84. The number of carbonyl (C=O) groups excluding carboxylic acids is 2. The first-order valence-corrected chi connectivity index (χ1v) is 8.12. The van der Waals surface area contributed by atoms with Crippen LogP contribution < -0.4 is 0 Å². The largest absolute Gasteiger partial charge is 0.467 e. The molecule has 0 radical (unpaired) electrons. The molecule has 0 aliphatic carbocycles. The summed E-state index contributed by atoms with van der Waals surface area (Å²) in [4.78, 5) is 25.6. The lowest BCUT2D eigenvalue weighted by molar-refractivity contribution is -0.153. The number of hydrogen-bond donors (Lipinski definition) is 0. The second kappa shape index (κ2) is 6.96. The number of thioether (sulfide) groups is 1. The van der Waals surface area contributed by atoms with Gasteiger partial charge in [0.1, 0.15) is 6.04 Å². The van der Waals surface area contributed by atoms with Crippen LogP contribution >= 0.6 is 23.1 Å². The Balaban J connectivity index is 1.93. The highest BCUT2D eigenvalue weighted by Gasteiger charge is 2.32. The Morgan fingerprint density at radius 2 is 2.37 bits per heavy atom. The van der Waals surface area contributed by atoms with Crippen molar-refractivity contribution in [2.45, 2.75) is 29.5 Å². The van der Waals surface area contributed by atoms with Crippen molar-refractivity contribution < 1.29 is 14.3 Å². The molecule has 1 aliphatic rings. The topological polar surface area (TPSA) is 46.6 Å². The molecule has 0 bridgehead atoms. The summed E-state index contributed by atoms with van der Waals surface area (Å²) >= 11 is 3.15. The maximum absolute atomic E-state index is 12.2. The van der Waals surface area contributed by atoms with Crippen LogP contribution in [0.25, 0.3) is 0 Å². The van der Waals surface area contributed by atoms with Gasteiger partial charge in [-0.15, -0.1) is 23.1 Å². The Morgan fingerprint density at radius 3 is 3.05 bits per heavy atom. The normalized spacial score (nSPS) is 19.2. The van der Waals surface area contributed by atoms with Crippen LogP contribution in [0.5, 0.6) is 0 Å². The molecule has 0 spiro atoms. The molecule has 1 aromatic heterocycles. The second-order valence-corrected chi connectivity index (χ2v) is 6.57. The van der Waals surface area contributed by atoms with Gasteiger partial charge in [-0.2, -0.15) is 0 Å². The van der Waals surface area contributed by atoms with Crippen LogP contribution in [0.3, 0.4) is 0 Å². The van der Waals surface area contributed by atoms with Crippen molar-refractivity contribution in [2.75, 3.05) is 19.4 Å². The Bertz CT molecular complexity index is 433. The number of esters is 1. The van der Waals surface area contributed by atoms with Gasteiger partial charge in [-0.3, -0.25) is 4.79 Å². The van der Waals surface area contributed by atoms with E-state index >= 15 is 0 Å². The third-order valence-electron chi connectivity index (χ3n) is 3.13. The lowest BCUT2D eigenvalue weighted by Crippen LogP contribution is -2.49. The Morgan fingerprint density at radius 1 is 1.53 bits per heavy atom. The van der Waals surface area contributed by atoms with E-state index in [-0.39, 0.29) is 11.9 Å². The van der Waals surface area contributed by atoms with E-state index in [9.17, 15) is 9.59 Å². The maximum atomic E-state index is 12.2. The molecule has 1 aliphatic heterocycles. The third kappa shape index (κ3) is 3.73. The van der Waals surface area contributed by atoms with Gasteiger partial charge in [-0.05, 0) is 30.7 Å². The molecular formula is C13H17NO3S2. The Labute approximate surface area is 121 Å². The standard InChI is InChI=1S/C13H17NO3S2/c1-17-13(16)10-5-2-3-7-14(10)11(15)9-19-12-6-4-8-18-12/h4,6,8,10H,2-3,5,7,9H2,1H3/t10-/m1/s1. The molecule has 0 saturated carbocycles. The number of nitrogens with zero attached hydrogens (tertiary/aromatic N) is 1. The smallest absolute Gasteiger partial charge is 0.328 e. The average molecular weight is 299 g/mol. The van der Waals surface area contributed by atoms with Crippen LogP contribution in [-0.4, -0.2) is 42.2 Å². The molecule has 2 heterocycles. The van der Waals surface area contributed by atoms with Crippen LogP contribution in [-0.2, 0) is 14.3 Å². The van der Waals surface area contributed by atoms with Crippen LogP contribution in [0, 0.1) is 0 Å². The van der Waals surface area contributed by atoms with Crippen LogP contribution in [0.4, 0.5) is 0 Å². The minimum Gasteiger partial charge on any atom is -0.467 e. The molecule has 1 atom stereocenters. The SMILES string of the molecule is COC(=O)[C@H]1CCCCN1C(=O)CSc1cccs1. The molecule has 19 heavy (non-hydrogen) atoms. The van der Waals surface area contributed by atoms with Gasteiger partial charge in [0.15, 0.2) is 0 Å². The summed E-state index contributed by atoms with van der Waals surface area (Å²) in [5.74, 6) is 0.108. The zero-order valence-electron chi connectivity index (χ0n) is 10.8. The molecule has 0 unspecified atom stereocenters. The average Bonchev–Trinajstić information content (AvgIpc) is 2.97. The number of carbonyl (C=O) groups is 2. The molecule has 1 amide bonds. The zero-order chi connectivity index (χ0) is 13.7. The minimum atomic E-state index is -0.393. The number of hydrogen-bond acceptors (Lipinski definition) is 5. The summed E-state index contributed by atoms with van der Waals surface area (Å²) in [5, 5.41) is 1.99. The Kier molecular flexibility index (Phi) is 5.27. The van der Waals surface area contributed by atoms with Gasteiger partial charge >= 0.3 is 5.97 Å². The lowest BCUT2D eigenvalue weighted by atomic mass is 10.0. The molecule has 0 N–H and O–H groups in total. The van der Waals surface area contributed by atoms with Crippen molar-refractivity contribution in [1.29, 1.82) is 0 Å². The molecule has 6 heteroatoms. The first-order valence-electron chi connectivity index (χ1n) is 6.26. The number of thiophene rings is 1.